The molecule has 7 nitrogen and oxygen atoms in total. The molecule has 0 bridgehead atoms. The fraction of sp³-hybridized carbons (Fsp3) is 0.253. The molecule has 0 aliphatic rings. The fourth-order valence-electron chi connectivity index (χ4n) is 9.50. The van der Waals surface area contributed by atoms with Gasteiger partial charge in [-0.05, 0) is 257 Å². The van der Waals surface area contributed by atoms with Crippen LogP contribution in [0.5, 0.6) is 11.5 Å². The Labute approximate surface area is 803 Å². The largest absolute Gasteiger partial charge is 1.00 e. The first-order valence-electron chi connectivity index (χ1n) is 37.2. The van der Waals surface area contributed by atoms with E-state index in [0.717, 1.165) is 70.5 Å². The molecule has 0 unspecified atom stereocenters. The summed E-state index contributed by atoms with van der Waals surface area (Å²) in [7, 11) is 0. The van der Waals surface area contributed by atoms with Gasteiger partial charge in [0, 0.05) is 58.7 Å². The number of hydrogen-bond acceptors (Lipinski definition) is 18. The van der Waals surface area contributed by atoms with E-state index in [0.29, 0.717) is 23.0 Å². The van der Waals surface area contributed by atoms with Crippen molar-refractivity contribution in [3.8, 4) is 11.5 Å². The number of carboxylic acid groups (broad SMARTS) is 1. The third-order valence-electron chi connectivity index (χ3n) is 15.2. The quantitative estimate of drug-likeness (QED) is 0.0437. The summed E-state index contributed by atoms with van der Waals surface area (Å²) in [5.74, 6) is -0.167. The van der Waals surface area contributed by atoms with Gasteiger partial charge in [-0.25, -0.2) is 9.59 Å². The predicted molar refractivity (Wildman–Crippen MR) is 542 cm³/mol. The molecule has 12 aromatic carbocycles. The van der Waals surface area contributed by atoms with Crippen LogP contribution in [0.15, 0.2) is 326 Å². The second-order valence-corrected chi connectivity index (χ2v) is 35.1. The first kappa shape index (κ1) is 117. The van der Waals surface area contributed by atoms with Crippen LogP contribution in [0.3, 0.4) is 0 Å². The van der Waals surface area contributed by atoms with Gasteiger partial charge in [0.15, 0.2) is 13.2 Å². The second kappa shape index (κ2) is 65.0. The summed E-state index contributed by atoms with van der Waals surface area (Å²) in [6.45, 7) is 38.9. The average Bonchev–Trinajstić information content (AvgIpc) is 0.819. The van der Waals surface area contributed by atoms with E-state index in [4.69, 9.17) is 19.3 Å². The first-order chi connectivity index (χ1) is 54.3. The maximum Gasteiger partial charge on any atom is 1.00 e. The predicted octanol–water partition coefficient (Wildman–Crippen LogP) is 26.9. The Bertz CT molecular complexity index is 3930. The van der Waals surface area contributed by atoms with Crippen molar-refractivity contribution in [1.82, 2.24) is 0 Å². The summed E-state index contributed by atoms with van der Waals surface area (Å²) in [4.78, 5) is 33.5. The minimum Gasteiger partial charge on any atom is -0.870 e. The Balaban J connectivity index is -0.00000125. The molecular formula is C99H125NaO7S12. The second-order valence-electron chi connectivity index (χ2n) is 28.9. The van der Waals surface area contributed by atoms with Gasteiger partial charge in [-0.2, -0.15) is 0 Å². The van der Waals surface area contributed by atoms with Crippen LogP contribution >= 0.6 is 152 Å². The Morgan fingerprint density at radius 1 is 0.294 bits per heavy atom. The smallest absolute Gasteiger partial charge is 0.870 e. The van der Waals surface area contributed by atoms with Crippen molar-refractivity contribution in [2.45, 2.75) is 209 Å². The molecule has 0 aliphatic carbocycles. The molecule has 0 saturated carbocycles. The molecule has 0 saturated heterocycles. The van der Waals surface area contributed by atoms with E-state index < -0.39 is 5.97 Å². The van der Waals surface area contributed by atoms with Gasteiger partial charge in [0.2, 0.25) is 0 Å². The number of carbonyl (C=O) groups is 2. The molecule has 2 N–H and O–H groups in total. The molecule has 0 spiro atoms. The zero-order valence-corrected chi connectivity index (χ0v) is 84.6. The topological polar surface area (TPSA) is 112 Å². The van der Waals surface area contributed by atoms with E-state index in [1.54, 1.807) is 6.92 Å². The van der Waals surface area contributed by atoms with E-state index in [1.165, 1.54) is 61.2 Å². The number of thiol groups is 12. The molecule has 636 valence electrons. The SMILES string of the molecule is C.CCOC(=O)COc1c(C)cc(C(C)(C)C)cc1S.Cc1cc(C(C)(C)C)cc(S)c1OCC(=O)O.Cc1cccc(S)c1.Cc1cccc(S)c1.Cc1cccc(S)c1.Cc1cccc(S)c1.Cc1cccc(S)c1.Cc1cccc(S)c1.Cc1cccc(S)c1.Cc1cccc(S)c1.Cc1cccc(S)c1.Cc1cccc(S)c1.[Na+].[OH-]. The summed E-state index contributed by atoms with van der Waals surface area (Å²) in [6.07, 6.45) is 0. The van der Waals surface area contributed by atoms with Crippen LogP contribution < -0.4 is 39.0 Å². The number of aliphatic carboxylic acids is 1. The summed E-state index contributed by atoms with van der Waals surface area (Å²) >= 11 is 50.3. The van der Waals surface area contributed by atoms with Crippen LogP contribution in [0.1, 0.15) is 134 Å². The maximum atomic E-state index is 11.3. The molecule has 12 rings (SSSR count). The number of carboxylic acids is 1. The Hall–Kier alpha value is -5.66. The molecule has 0 radical (unpaired) electrons. The van der Waals surface area contributed by atoms with Gasteiger partial charge in [-0.3, -0.25) is 0 Å². The monoisotopic (exact) mass is 1830 g/mol. The zero-order chi connectivity index (χ0) is 87.7. The van der Waals surface area contributed by atoms with Gasteiger partial charge in [-0.15, -0.1) is 152 Å². The molecule has 0 atom stereocenters. The van der Waals surface area contributed by atoms with Crippen molar-refractivity contribution < 1.29 is 63.9 Å². The molecule has 0 heterocycles. The van der Waals surface area contributed by atoms with Crippen LogP contribution in [-0.4, -0.2) is 42.3 Å². The third-order valence-corrected chi connectivity index (χ3v) is 18.7. The van der Waals surface area contributed by atoms with E-state index >= 15 is 0 Å². The van der Waals surface area contributed by atoms with E-state index in [1.807, 2.05) is 214 Å². The van der Waals surface area contributed by atoms with Crippen molar-refractivity contribution in [3.05, 3.63) is 345 Å². The van der Waals surface area contributed by atoms with Gasteiger partial charge in [0.25, 0.3) is 0 Å². The summed E-state index contributed by atoms with van der Waals surface area (Å²) in [6, 6.07) is 88.5. The third kappa shape index (κ3) is 59.7. The zero-order valence-electron chi connectivity index (χ0n) is 71.8. The molecule has 0 aliphatic heterocycles. The summed E-state index contributed by atoms with van der Waals surface area (Å²) in [5, 5.41) is 8.59. The van der Waals surface area contributed by atoms with Crippen LogP contribution in [0, 0.1) is 83.1 Å². The average molecular weight is 1830 g/mol. The van der Waals surface area contributed by atoms with Crippen LogP contribution in [-0.2, 0) is 25.2 Å². The maximum absolute atomic E-state index is 11.3. The van der Waals surface area contributed by atoms with Crippen LogP contribution in [0.25, 0.3) is 0 Å². The Morgan fingerprint density at radius 2 is 0.462 bits per heavy atom. The Morgan fingerprint density at radius 3 is 0.580 bits per heavy atom. The number of benzene rings is 12. The van der Waals surface area contributed by atoms with Crippen LogP contribution in [0.4, 0.5) is 0 Å². The normalized spacial score (nSPS) is 9.64. The molecule has 119 heavy (non-hydrogen) atoms. The van der Waals surface area contributed by atoms with E-state index in [2.05, 4.69) is 329 Å². The van der Waals surface area contributed by atoms with Crippen molar-refractivity contribution in [1.29, 1.82) is 0 Å². The van der Waals surface area contributed by atoms with Gasteiger partial charge in [0.05, 0.1) is 6.61 Å². The minimum atomic E-state index is -0.989. The first-order valence-corrected chi connectivity index (χ1v) is 42.6. The number of rotatable bonds is 7. The van der Waals surface area contributed by atoms with E-state index in [-0.39, 0.29) is 72.5 Å². The number of carbonyl (C=O) groups excluding carboxylic acids is 1. The van der Waals surface area contributed by atoms with Gasteiger partial charge in [0.1, 0.15) is 11.5 Å². The molecule has 0 fully saturated rings. The van der Waals surface area contributed by atoms with Crippen molar-refractivity contribution in [3.63, 3.8) is 0 Å². The van der Waals surface area contributed by atoms with Crippen LogP contribution in [0.2, 0.25) is 0 Å². The van der Waals surface area contributed by atoms with Gasteiger partial charge >= 0.3 is 41.5 Å². The molecule has 0 amide bonds. The number of ether oxygens (including phenoxy) is 3. The Kier molecular flexibility index (Phi) is 64.2. The fourth-order valence-corrected chi connectivity index (χ4v) is 13.2. The molecule has 12 aromatic rings. The van der Waals surface area contributed by atoms with Gasteiger partial charge < -0.3 is 24.8 Å². The molecular weight excluding hydrogens is 1710 g/mol. The van der Waals surface area contributed by atoms with E-state index in [9.17, 15) is 9.59 Å². The van der Waals surface area contributed by atoms with Gasteiger partial charge in [-0.1, -0.05) is 238 Å². The summed E-state index contributed by atoms with van der Waals surface area (Å²) in [5.41, 5.74) is 16.9. The number of aryl methyl sites for hydroxylation is 12. The molecule has 0 aromatic heterocycles. The number of esters is 1. The molecule has 20 heteroatoms. The van der Waals surface area contributed by atoms with Crippen molar-refractivity contribution in [2.75, 3.05) is 19.8 Å². The van der Waals surface area contributed by atoms with Crippen molar-refractivity contribution in [2.24, 2.45) is 0 Å². The van der Waals surface area contributed by atoms with Crippen molar-refractivity contribution >= 4 is 163 Å². The number of hydrogen-bond donors (Lipinski definition) is 13. The minimum absolute atomic E-state index is 0. The standard InChI is InChI=1S/C15H22O3S.C13H18O3S.10C7H8S.CH4.Na.H2O/c1-6-17-13(16)9-18-14-10(2)7-11(8-12(14)19)15(3,4)5;1-8-5-9(13(2,3)4)6-10(17)12(8)16-7-11(14)15;10*1-6-3-2-4-7(8)5-6;;;/h7-8,19H,6,9H2,1-5H3;5-6,17H,7H2,1-4H3,(H,14,15);10*2-5,8H,1H3;1H4;;1H2/q;;;;;;;;;;;;;+1;/p-1. The summed E-state index contributed by atoms with van der Waals surface area (Å²) < 4.78 is 15.6.